The van der Waals surface area contributed by atoms with Crippen LogP contribution in [0.5, 0.6) is 0 Å². The number of thiocarbonyl (C=S) groups is 1. The van der Waals surface area contributed by atoms with E-state index in [-0.39, 0.29) is 17.3 Å². The number of amides is 1. The van der Waals surface area contributed by atoms with Crippen LogP contribution in [0.1, 0.15) is 18.0 Å². The minimum absolute atomic E-state index is 0.0737. The highest BCUT2D eigenvalue weighted by atomic mass is 32.2. The van der Waals surface area contributed by atoms with E-state index < -0.39 is 0 Å². The molecule has 0 saturated carbocycles. The van der Waals surface area contributed by atoms with Crippen LogP contribution in [0, 0.1) is 11.7 Å². The average molecular weight is 487 g/mol. The van der Waals surface area contributed by atoms with Gasteiger partial charge in [-0.3, -0.25) is 9.59 Å². The first-order chi connectivity index (χ1) is 16.0. The van der Waals surface area contributed by atoms with Gasteiger partial charge in [0, 0.05) is 63.5 Å². The minimum Gasteiger partial charge on any atom is -0.366 e. The molecule has 0 radical (unpaired) electrons. The van der Waals surface area contributed by atoms with Crippen LogP contribution in [0.25, 0.3) is 0 Å². The summed E-state index contributed by atoms with van der Waals surface area (Å²) in [6, 6.07) is 12.3. The molecule has 2 saturated heterocycles. The maximum Gasteiger partial charge on any atom is 0.250 e. The fourth-order valence-corrected chi connectivity index (χ4v) is 6.34. The highest BCUT2D eigenvalue weighted by Crippen LogP contribution is 2.36. The largest absolute Gasteiger partial charge is 0.366 e. The Morgan fingerprint density at radius 1 is 1.00 bits per heavy atom. The van der Waals surface area contributed by atoms with Crippen LogP contribution in [0.3, 0.4) is 0 Å². The van der Waals surface area contributed by atoms with Crippen molar-refractivity contribution in [2.24, 2.45) is 5.92 Å². The number of anilines is 1. The van der Waals surface area contributed by atoms with Crippen molar-refractivity contribution >= 4 is 39.9 Å². The summed E-state index contributed by atoms with van der Waals surface area (Å²) in [4.78, 5) is 31.1. The number of piperidine rings is 1. The summed E-state index contributed by atoms with van der Waals surface area (Å²) in [5.74, 6) is 0.867. The number of aromatic nitrogens is 1. The zero-order valence-corrected chi connectivity index (χ0v) is 20.0. The van der Waals surface area contributed by atoms with Gasteiger partial charge in [0.25, 0.3) is 5.56 Å². The number of halogens is 1. The van der Waals surface area contributed by atoms with Crippen molar-refractivity contribution < 1.29 is 9.18 Å². The summed E-state index contributed by atoms with van der Waals surface area (Å²) in [6.45, 7) is 4.77. The lowest BCUT2D eigenvalue weighted by Crippen LogP contribution is -2.50. The number of thioether (sulfide) groups is 1. The molecule has 5 rings (SSSR count). The van der Waals surface area contributed by atoms with Crippen molar-refractivity contribution in [3.05, 3.63) is 64.3 Å². The minimum atomic E-state index is -0.225. The Balaban J connectivity index is 1.13. The predicted octanol–water partition coefficient (Wildman–Crippen LogP) is 2.77. The van der Waals surface area contributed by atoms with Gasteiger partial charge in [-0.2, -0.15) is 0 Å². The van der Waals surface area contributed by atoms with Crippen LogP contribution < -0.4 is 10.5 Å². The number of pyridine rings is 1. The van der Waals surface area contributed by atoms with Crippen LogP contribution in [0.4, 0.5) is 10.1 Å². The summed E-state index contributed by atoms with van der Waals surface area (Å²) in [7, 11) is 0. The molecule has 174 valence electrons. The van der Waals surface area contributed by atoms with Gasteiger partial charge in [0.1, 0.15) is 10.1 Å². The summed E-state index contributed by atoms with van der Waals surface area (Å²) in [5.41, 5.74) is 1.77. The van der Waals surface area contributed by atoms with Gasteiger partial charge in [-0.25, -0.2) is 4.39 Å². The summed E-state index contributed by atoms with van der Waals surface area (Å²) in [5, 5.41) is 0. The van der Waals surface area contributed by atoms with Crippen molar-refractivity contribution in [1.82, 2.24) is 14.4 Å². The lowest BCUT2D eigenvalue weighted by molar-refractivity contribution is -0.128. The second-order valence-corrected chi connectivity index (χ2v) is 10.6. The van der Waals surface area contributed by atoms with E-state index in [0.29, 0.717) is 49.5 Å². The van der Waals surface area contributed by atoms with Crippen molar-refractivity contribution in [1.29, 1.82) is 0 Å². The molecule has 1 amide bonds. The standard InChI is InChI=1S/C24H27FN4O2S2/c25-19-4-1-2-5-21(19)26-8-10-27(11-9-26)23(31)16-33-24(32)28-13-17-12-18(15-28)20-6-3-7-22(30)29(20)14-17/h1-7,17-18H,8-16H2/t17-,18+/m1/s1. The number of para-hydroxylation sites is 1. The maximum absolute atomic E-state index is 14.0. The Morgan fingerprint density at radius 2 is 1.79 bits per heavy atom. The third-order valence-electron chi connectivity index (χ3n) is 6.88. The molecule has 3 aliphatic heterocycles. The molecule has 2 aromatic rings. The molecule has 2 atom stereocenters. The molecule has 1 aromatic carbocycles. The van der Waals surface area contributed by atoms with Gasteiger partial charge in [0.05, 0.1) is 11.4 Å². The molecule has 2 bridgehead atoms. The van der Waals surface area contributed by atoms with E-state index in [1.165, 1.54) is 17.8 Å². The first-order valence-corrected chi connectivity index (χ1v) is 12.8. The van der Waals surface area contributed by atoms with Crippen molar-refractivity contribution in [2.75, 3.05) is 49.9 Å². The second kappa shape index (κ2) is 9.46. The zero-order valence-electron chi connectivity index (χ0n) is 18.4. The van der Waals surface area contributed by atoms with Gasteiger partial charge in [-0.05, 0) is 30.5 Å². The van der Waals surface area contributed by atoms with Crippen molar-refractivity contribution in [2.45, 2.75) is 18.9 Å². The number of carbonyl (C=O) groups excluding carboxylic acids is 1. The number of hydrogen-bond acceptors (Lipinski definition) is 5. The smallest absolute Gasteiger partial charge is 0.250 e. The molecule has 1 aromatic heterocycles. The van der Waals surface area contributed by atoms with Gasteiger partial charge < -0.3 is 19.3 Å². The number of likely N-dealkylation sites (tertiary alicyclic amines) is 1. The van der Waals surface area contributed by atoms with Crippen LogP contribution >= 0.6 is 24.0 Å². The molecule has 0 unspecified atom stereocenters. The number of rotatable bonds is 3. The van der Waals surface area contributed by atoms with E-state index in [2.05, 4.69) is 4.90 Å². The molecule has 2 fully saturated rings. The topological polar surface area (TPSA) is 48.8 Å². The van der Waals surface area contributed by atoms with Gasteiger partial charge in [0.2, 0.25) is 5.91 Å². The molecule has 0 spiro atoms. The molecular formula is C24H27FN4O2S2. The highest BCUT2D eigenvalue weighted by Gasteiger charge is 2.35. The van der Waals surface area contributed by atoms with Gasteiger partial charge in [-0.15, -0.1) is 0 Å². The number of carbonyl (C=O) groups is 1. The fourth-order valence-electron chi connectivity index (χ4n) is 5.26. The lowest BCUT2D eigenvalue weighted by Gasteiger charge is -2.43. The van der Waals surface area contributed by atoms with Crippen molar-refractivity contribution in [3.8, 4) is 0 Å². The SMILES string of the molecule is O=C(CSC(=S)N1C[C@H]2C[C@@H](C1)c1cccc(=O)n1C2)N1CCN(c2ccccc2F)CC1. The Hall–Kier alpha value is -2.39. The lowest BCUT2D eigenvalue weighted by atomic mass is 9.83. The zero-order chi connectivity index (χ0) is 22.9. The molecule has 0 N–H and O–H groups in total. The molecule has 33 heavy (non-hydrogen) atoms. The Bertz CT molecular complexity index is 1120. The molecule has 0 aliphatic carbocycles. The van der Waals surface area contributed by atoms with Crippen molar-refractivity contribution in [3.63, 3.8) is 0 Å². The Morgan fingerprint density at radius 3 is 2.58 bits per heavy atom. The summed E-state index contributed by atoms with van der Waals surface area (Å²) >= 11 is 7.12. The van der Waals surface area contributed by atoms with Gasteiger partial charge >= 0.3 is 0 Å². The number of fused-ring (bicyclic) bond motifs is 4. The quantitative estimate of drug-likeness (QED) is 0.622. The molecular weight excluding hydrogens is 459 g/mol. The molecule has 9 heteroatoms. The summed E-state index contributed by atoms with van der Waals surface area (Å²) < 4.78 is 16.7. The predicted molar refractivity (Wildman–Crippen MR) is 133 cm³/mol. The van der Waals surface area contributed by atoms with E-state index in [4.69, 9.17) is 12.2 Å². The van der Waals surface area contributed by atoms with E-state index in [1.54, 1.807) is 18.2 Å². The van der Waals surface area contributed by atoms with E-state index in [0.717, 1.165) is 36.1 Å². The second-order valence-electron chi connectivity index (χ2n) is 8.98. The Labute approximate surface area is 202 Å². The molecule has 4 heterocycles. The van der Waals surface area contributed by atoms with E-state index >= 15 is 0 Å². The van der Waals surface area contributed by atoms with E-state index in [1.807, 2.05) is 32.6 Å². The highest BCUT2D eigenvalue weighted by molar-refractivity contribution is 8.23. The molecule has 6 nitrogen and oxygen atoms in total. The fraction of sp³-hybridized carbons (Fsp3) is 0.458. The number of benzene rings is 1. The first-order valence-electron chi connectivity index (χ1n) is 11.4. The number of nitrogens with zero attached hydrogens (tertiary/aromatic N) is 4. The van der Waals surface area contributed by atoms with E-state index in [9.17, 15) is 14.0 Å². The van der Waals surface area contributed by atoms with Gasteiger partial charge in [0.15, 0.2) is 0 Å². The number of piperazine rings is 1. The molecule has 3 aliphatic rings. The third kappa shape index (κ3) is 4.66. The monoisotopic (exact) mass is 486 g/mol. The maximum atomic E-state index is 14.0. The third-order valence-corrected chi connectivity index (χ3v) is 8.39. The Kier molecular flexibility index (Phi) is 6.42. The first kappa shape index (κ1) is 22.4. The van der Waals surface area contributed by atoms with Crippen LogP contribution in [-0.4, -0.2) is 69.6 Å². The number of hydrogen-bond donors (Lipinski definition) is 0. The van der Waals surface area contributed by atoms with Crippen LogP contribution in [0.15, 0.2) is 47.3 Å². The average Bonchev–Trinajstić information content (AvgIpc) is 2.83. The van der Waals surface area contributed by atoms with Crippen LogP contribution in [0.2, 0.25) is 0 Å². The van der Waals surface area contributed by atoms with Gasteiger partial charge in [-0.1, -0.05) is 42.2 Å². The van der Waals surface area contributed by atoms with Crippen LogP contribution in [-0.2, 0) is 11.3 Å². The summed E-state index contributed by atoms with van der Waals surface area (Å²) in [6.07, 6.45) is 1.08. The normalized spacial score (nSPS) is 22.2.